The molecule has 0 radical (unpaired) electrons. The predicted molar refractivity (Wildman–Crippen MR) is 108 cm³/mol. The summed E-state index contributed by atoms with van der Waals surface area (Å²) >= 11 is 0. The molecule has 1 saturated heterocycles. The van der Waals surface area contributed by atoms with Gasteiger partial charge in [0.2, 0.25) is 6.10 Å². The normalized spacial score (nSPS) is 18.1. The van der Waals surface area contributed by atoms with Crippen LogP contribution >= 0.6 is 0 Å². The number of hydrogen-bond acceptors (Lipinski definition) is 10. The summed E-state index contributed by atoms with van der Waals surface area (Å²) in [5.41, 5.74) is 0.795. The van der Waals surface area contributed by atoms with Crippen molar-refractivity contribution in [2.45, 2.75) is 12.2 Å². The van der Waals surface area contributed by atoms with Gasteiger partial charge in [0.1, 0.15) is 6.61 Å². The van der Waals surface area contributed by atoms with E-state index in [1.165, 1.54) is 48.6 Å². The summed E-state index contributed by atoms with van der Waals surface area (Å²) in [6.45, 7) is -0.300. The molecule has 1 aliphatic heterocycles. The Balaban J connectivity index is 1.59. The molecule has 4 N–H and O–H groups in total. The van der Waals surface area contributed by atoms with Crippen LogP contribution in [0.5, 0.6) is 23.0 Å². The third-order valence-corrected chi connectivity index (χ3v) is 4.29. The van der Waals surface area contributed by atoms with Crippen LogP contribution in [0.4, 0.5) is 0 Å². The molecule has 0 bridgehead atoms. The average molecular weight is 442 g/mol. The summed E-state index contributed by atoms with van der Waals surface area (Å²) in [6, 6.07) is 7.81. The van der Waals surface area contributed by atoms with Crippen molar-refractivity contribution in [1.82, 2.24) is 0 Å². The van der Waals surface area contributed by atoms with E-state index in [0.29, 0.717) is 11.1 Å². The third kappa shape index (κ3) is 5.57. The van der Waals surface area contributed by atoms with E-state index in [4.69, 9.17) is 14.2 Å². The number of phenols is 4. The second-order valence-corrected chi connectivity index (χ2v) is 6.63. The largest absolute Gasteiger partial charge is 0.504 e. The van der Waals surface area contributed by atoms with Gasteiger partial charge in [0.05, 0.1) is 0 Å². The first-order valence-corrected chi connectivity index (χ1v) is 9.21. The molecule has 0 aromatic heterocycles. The number of benzene rings is 2. The van der Waals surface area contributed by atoms with E-state index in [1.54, 1.807) is 0 Å². The van der Waals surface area contributed by atoms with Crippen molar-refractivity contribution >= 4 is 30.1 Å². The quantitative estimate of drug-likeness (QED) is 0.224. The Kier molecular flexibility index (Phi) is 6.64. The average Bonchev–Trinajstić information content (AvgIpc) is 3.09. The van der Waals surface area contributed by atoms with Crippen molar-refractivity contribution < 1.29 is 49.0 Å². The van der Waals surface area contributed by atoms with Crippen molar-refractivity contribution in [3.8, 4) is 23.0 Å². The molecule has 2 aromatic carbocycles. The summed E-state index contributed by atoms with van der Waals surface area (Å²) in [5.74, 6) is -4.01. The molecular weight excluding hydrogens is 424 g/mol. The fourth-order valence-electron chi connectivity index (χ4n) is 2.68. The predicted octanol–water partition coefficient (Wildman–Crippen LogP) is 1.62. The van der Waals surface area contributed by atoms with Crippen molar-refractivity contribution in [2.24, 2.45) is 0 Å². The number of aromatic hydroxyl groups is 4. The molecule has 0 unspecified atom stereocenters. The standard InChI is InChI=1S/C22H18O10/c23-14-5-1-12(9-16(14)25)3-7-19(27)31-18-11-30-22(29)21(18)32-20(28)8-4-13-2-6-15(24)17(26)10-13/h1-10,18,21,23-26H,11H2/b7-3+,8-4+/t18-,21+/m0/s1. The summed E-state index contributed by atoms with van der Waals surface area (Å²) in [7, 11) is 0. The van der Waals surface area contributed by atoms with Gasteiger partial charge in [-0.1, -0.05) is 12.1 Å². The van der Waals surface area contributed by atoms with E-state index < -0.39 is 30.1 Å². The first-order valence-electron chi connectivity index (χ1n) is 9.21. The van der Waals surface area contributed by atoms with E-state index in [-0.39, 0.29) is 29.6 Å². The van der Waals surface area contributed by atoms with Gasteiger partial charge in [-0.15, -0.1) is 0 Å². The highest BCUT2D eigenvalue weighted by Crippen LogP contribution is 2.26. The molecular formula is C22H18O10. The minimum atomic E-state index is -1.46. The van der Waals surface area contributed by atoms with Crippen LogP contribution in [-0.2, 0) is 28.6 Å². The lowest BCUT2D eigenvalue weighted by Crippen LogP contribution is -2.35. The molecule has 1 aliphatic rings. The van der Waals surface area contributed by atoms with E-state index in [9.17, 15) is 34.8 Å². The van der Waals surface area contributed by atoms with Gasteiger partial charge in [-0.3, -0.25) is 0 Å². The first-order chi connectivity index (χ1) is 15.2. The van der Waals surface area contributed by atoms with Crippen molar-refractivity contribution in [1.29, 1.82) is 0 Å². The van der Waals surface area contributed by atoms with E-state index >= 15 is 0 Å². The minimum absolute atomic E-state index is 0.300. The van der Waals surface area contributed by atoms with Gasteiger partial charge in [0.25, 0.3) is 0 Å². The second-order valence-electron chi connectivity index (χ2n) is 6.63. The van der Waals surface area contributed by atoms with Crippen LogP contribution in [0, 0.1) is 0 Å². The Morgan fingerprint density at radius 2 is 1.31 bits per heavy atom. The molecule has 1 heterocycles. The zero-order valence-corrected chi connectivity index (χ0v) is 16.4. The number of hydrogen-bond donors (Lipinski definition) is 4. The highest BCUT2D eigenvalue weighted by atomic mass is 16.6. The molecule has 32 heavy (non-hydrogen) atoms. The molecule has 2 aromatic rings. The molecule has 10 nitrogen and oxygen atoms in total. The number of ether oxygens (including phenoxy) is 3. The van der Waals surface area contributed by atoms with E-state index in [0.717, 1.165) is 12.2 Å². The Bertz CT molecular complexity index is 1100. The highest BCUT2D eigenvalue weighted by Gasteiger charge is 2.42. The lowest BCUT2D eigenvalue weighted by atomic mass is 10.2. The Morgan fingerprint density at radius 1 is 0.812 bits per heavy atom. The maximum Gasteiger partial charge on any atom is 0.351 e. The number of phenolic OH excluding ortho intramolecular Hbond substituents is 4. The lowest BCUT2D eigenvalue weighted by molar-refractivity contribution is -0.163. The SMILES string of the molecule is O=C(/C=C/c1ccc(O)c(O)c1)O[C@H]1COC(=O)[C@@H]1OC(=O)/C=C/c1ccc(O)c(O)c1. The fraction of sp³-hybridized carbons (Fsp3) is 0.136. The number of carbonyl (C=O) groups is 3. The number of rotatable bonds is 6. The molecule has 166 valence electrons. The van der Waals surface area contributed by atoms with Crippen LogP contribution in [0.3, 0.4) is 0 Å². The first kappa shape index (κ1) is 22.2. The number of esters is 3. The Morgan fingerprint density at radius 3 is 1.81 bits per heavy atom. The summed E-state index contributed by atoms with van der Waals surface area (Å²) in [4.78, 5) is 36.0. The van der Waals surface area contributed by atoms with Gasteiger partial charge in [-0.25, -0.2) is 14.4 Å². The van der Waals surface area contributed by atoms with E-state index in [2.05, 4.69) is 0 Å². The lowest BCUT2D eigenvalue weighted by Gasteiger charge is -2.15. The van der Waals surface area contributed by atoms with Gasteiger partial charge in [0, 0.05) is 12.2 Å². The molecule has 10 heteroatoms. The molecule has 0 saturated carbocycles. The zero-order chi connectivity index (χ0) is 23.3. The Hall–Kier alpha value is -4.47. The fourth-order valence-corrected chi connectivity index (χ4v) is 2.68. The van der Waals surface area contributed by atoms with Gasteiger partial charge in [0.15, 0.2) is 29.1 Å². The minimum Gasteiger partial charge on any atom is -0.504 e. The van der Waals surface area contributed by atoms with Crippen LogP contribution in [-0.4, -0.2) is 57.1 Å². The highest BCUT2D eigenvalue weighted by molar-refractivity contribution is 5.91. The van der Waals surface area contributed by atoms with Crippen LogP contribution < -0.4 is 0 Å². The molecule has 1 fully saturated rings. The summed E-state index contributed by atoms with van der Waals surface area (Å²) < 4.78 is 14.9. The number of carbonyl (C=O) groups excluding carboxylic acids is 3. The summed E-state index contributed by atoms with van der Waals surface area (Å²) in [5, 5.41) is 37.5. The van der Waals surface area contributed by atoms with Crippen LogP contribution in [0.2, 0.25) is 0 Å². The van der Waals surface area contributed by atoms with Gasteiger partial charge >= 0.3 is 17.9 Å². The van der Waals surface area contributed by atoms with Crippen LogP contribution in [0.25, 0.3) is 12.2 Å². The van der Waals surface area contributed by atoms with Crippen molar-refractivity contribution in [2.75, 3.05) is 6.61 Å². The van der Waals surface area contributed by atoms with Gasteiger partial charge in [-0.2, -0.15) is 0 Å². The van der Waals surface area contributed by atoms with E-state index in [1.807, 2.05) is 0 Å². The molecule has 0 spiro atoms. The second kappa shape index (κ2) is 9.56. The smallest absolute Gasteiger partial charge is 0.351 e. The van der Waals surface area contributed by atoms with Gasteiger partial charge in [-0.05, 0) is 47.5 Å². The topological polar surface area (TPSA) is 160 Å². The van der Waals surface area contributed by atoms with Gasteiger partial charge < -0.3 is 34.6 Å². The number of cyclic esters (lactones) is 1. The molecule has 2 atom stereocenters. The molecule has 0 aliphatic carbocycles. The molecule has 3 rings (SSSR count). The Labute approximate surface area is 181 Å². The molecule has 0 amide bonds. The maximum absolute atomic E-state index is 12.0. The zero-order valence-electron chi connectivity index (χ0n) is 16.4. The van der Waals surface area contributed by atoms with Crippen molar-refractivity contribution in [3.05, 3.63) is 59.7 Å². The maximum atomic E-state index is 12.0. The van der Waals surface area contributed by atoms with Crippen molar-refractivity contribution in [3.63, 3.8) is 0 Å². The van der Waals surface area contributed by atoms with Crippen LogP contribution in [0.1, 0.15) is 11.1 Å². The van der Waals surface area contributed by atoms with Crippen LogP contribution in [0.15, 0.2) is 48.6 Å². The summed E-state index contributed by atoms with van der Waals surface area (Å²) in [6.07, 6.45) is 2.01. The third-order valence-electron chi connectivity index (χ3n) is 4.29. The monoisotopic (exact) mass is 442 g/mol.